The van der Waals surface area contributed by atoms with Crippen LogP contribution in [0.25, 0.3) is 0 Å². The fraction of sp³-hybridized carbons (Fsp3) is 0.652. The van der Waals surface area contributed by atoms with Crippen LogP contribution in [-0.2, 0) is 24.3 Å². The third-order valence-electron chi connectivity index (χ3n) is 7.43. The molecule has 0 aromatic heterocycles. The number of carbonyl (C=O) groups excluding carboxylic acids is 2. The van der Waals surface area contributed by atoms with Crippen LogP contribution in [0.3, 0.4) is 0 Å². The fourth-order valence-electron chi connectivity index (χ4n) is 5.26. The number of nitrogens with one attached hydrogen (secondary N) is 1. The monoisotopic (exact) mass is 563 g/mol. The molecule has 2 amide bonds. The molecule has 0 saturated carbocycles. The van der Waals surface area contributed by atoms with Crippen molar-refractivity contribution in [2.24, 2.45) is 5.41 Å². The van der Waals surface area contributed by atoms with Gasteiger partial charge < -0.3 is 14.4 Å². The zero-order chi connectivity index (χ0) is 25.9. The number of halogens is 2. The summed E-state index contributed by atoms with van der Waals surface area (Å²) in [6, 6.07) is 5.31. The molecule has 1 unspecified atom stereocenters. The number of carbonyl (C=O) groups is 2. The minimum absolute atomic E-state index is 0.0341. The zero-order valence-corrected chi connectivity index (χ0v) is 22.2. The number of rotatable bonds is 6. The minimum atomic E-state index is -3.83. The smallest absolute Gasteiger partial charge is 0.410 e. The molecule has 1 aromatic carbocycles. The molecule has 3 heterocycles. The van der Waals surface area contributed by atoms with Crippen LogP contribution in [-0.4, -0.2) is 86.1 Å². The molecule has 0 radical (unpaired) electrons. The summed E-state index contributed by atoms with van der Waals surface area (Å²) in [5.41, 5.74) is 1.12. The summed E-state index contributed by atoms with van der Waals surface area (Å²) in [5, 5.41) is 10.5. The van der Waals surface area contributed by atoms with E-state index < -0.39 is 33.2 Å². The Hall–Kier alpha value is -1.63. The summed E-state index contributed by atoms with van der Waals surface area (Å²) in [6.45, 7) is 1.72. The number of sulfonamides is 1. The molecule has 10 nitrogen and oxygen atoms in total. The van der Waals surface area contributed by atoms with Gasteiger partial charge in [-0.3, -0.25) is 10.0 Å². The third kappa shape index (κ3) is 5.92. The molecule has 0 spiro atoms. The van der Waals surface area contributed by atoms with Gasteiger partial charge in [-0.2, -0.15) is 0 Å². The predicted molar refractivity (Wildman–Crippen MR) is 133 cm³/mol. The molecule has 3 aliphatic heterocycles. The van der Waals surface area contributed by atoms with Crippen LogP contribution >= 0.6 is 23.2 Å². The van der Waals surface area contributed by atoms with E-state index >= 15 is 0 Å². The highest BCUT2D eigenvalue weighted by Crippen LogP contribution is 2.39. The van der Waals surface area contributed by atoms with Gasteiger partial charge in [-0.25, -0.2) is 23.0 Å². The van der Waals surface area contributed by atoms with Crippen molar-refractivity contribution in [3.05, 3.63) is 33.8 Å². The Morgan fingerprint density at radius 1 is 1.11 bits per heavy atom. The standard InChI is InChI=1S/C23H31Cl2N3O7S/c24-18-2-1-3-19(25)20(18)16-4-9-28(10-5-16)36(32,33)15-23(21(29)26-31)7-11-27(12-8-23)22(30)35-17-6-13-34-14-17/h1-3,16-17,31H,4-15H2,(H,26,29). The van der Waals surface area contributed by atoms with Gasteiger partial charge in [0.2, 0.25) is 10.0 Å². The van der Waals surface area contributed by atoms with Gasteiger partial charge in [0.25, 0.3) is 5.91 Å². The third-order valence-corrected chi connectivity index (χ3v) is 10.2. The van der Waals surface area contributed by atoms with Crippen molar-refractivity contribution in [2.45, 2.75) is 44.1 Å². The first-order valence-electron chi connectivity index (χ1n) is 12.0. The van der Waals surface area contributed by atoms with E-state index in [0.29, 0.717) is 42.5 Å². The lowest BCUT2D eigenvalue weighted by Gasteiger charge is -2.41. The number of hydrogen-bond acceptors (Lipinski definition) is 7. The fourth-order valence-corrected chi connectivity index (χ4v) is 8.03. The van der Waals surface area contributed by atoms with Crippen LogP contribution in [0.4, 0.5) is 4.79 Å². The molecular formula is C23H31Cl2N3O7S. The Labute approximate surface area is 220 Å². The van der Waals surface area contributed by atoms with Gasteiger partial charge in [0.05, 0.1) is 24.4 Å². The van der Waals surface area contributed by atoms with Gasteiger partial charge in [-0.05, 0) is 49.3 Å². The van der Waals surface area contributed by atoms with E-state index in [1.807, 2.05) is 0 Å². The molecule has 3 saturated heterocycles. The molecule has 200 valence electrons. The van der Waals surface area contributed by atoms with Crippen molar-refractivity contribution in [2.75, 3.05) is 45.1 Å². The number of nitrogens with zero attached hydrogens (tertiary/aromatic N) is 2. The molecule has 3 aliphatic rings. The van der Waals surface area contributed by atoms with Gasteiger partial charge in [-0.1, -0.05) is 29.3 Å². The number of amides is 2. The van der Waals surface area contributed by atoms with E-state index in [1.54, 1.807) is 23.7 Å². The first-order chi connectivity index (χ1) is 17.1. The molecule has 36 heavy (non-hydrogen) atoms. The summed E-state index contributed by atoms with van der Waals surface area (Å²) in [4.78, 5) is 26.6. The van der Waals surface area contributed by atoms with Crippen molar-refractivity contribution in [3.63, 3.8) is 0 Å². The van der Waals surface area contributed by atoms with Crippen molar-refractivity contribution in [3.8, 4) is 0 Å². The predicted octanol–water partition coefficient (Wildman–Crippen LogP) is 3.02. The average molecular weight is 564 g/mol. The number of piperidine rings is 2. The highest BCUT2D eigenvalue weighted by atomic mass is 35.5. The molecule has 0 bridgehead atoms. The topological polar surface area (TPSA) is 125 Å². The maximum Gasteiger partial charge on any atom is 0.410 e. The van der Waals surface area contributed by atoms with Gasteiger partial charge in [0.15, 0.2) is 0 Å². The SMILES string of the molecule is O=C(OC1CCOC1)N1CCC(CS(=O)(=O)N2CCC(c3c(Cl)cccc3Cl)CC2)(C(=O)NO)CC1. The second kappa shape index (κ2) is 11.4. The molecule has 2 N–H and O–H groups in total. The number of hydroxylamine groups is 1. The summed E-state index contributed by atoms with van der Waals surface area (Å²) in [7, 11) is -3.83. The highest BCUT2D eigenvalue weighted by Gasteiger charge is 2.47. The second-order valence-electron chi connectivity index (χ2n) is 9.64. The Bertz CT molecular complexity index is 1050. The number of ether oxygens (including phenoxy) is 2. The van der Waals surface area contributed by atoms with E-state index in [2.05, 4.69) is 0 Å². The van der Waals surface area contributed by atoms with E-state index in [1.165, 1.54) is 9.21 Å². The van der Waals surface area contributed by atoms with Crippen LogP contribution in [0, 0.1) is 5.41 Å². The summed E-state index contributed by atoms with van der Waals surface area (Å²) in [6.07, 6.45) is 1.09. The minimum Gasteiger partial charge on any atom is -0.444 e. The van der Waals surface area contributed by atoms with Crippen LogP contribution < -0.4 is 5.48 Å². The largest absolute Gasteiger partial charge is 0.444 e. The van der Waals surface area contributed by atoms with E-state index in [0.717, 1.165) is 5.56 Å². The molecule has 1 aromatic rings. The molecule has 13 heteroatoms. The summed E-state index contributed by atoms with van der Waals surface area (Å²) >= 11 is 12.7. The number of benzene rings is 1. The van der Waals surface area contributed by atoms with Gasteiger partial charge in [-0.15, -0.1) is 0 Å². The van der Waals surface area contributed by atoms with Crippen molar-refractivity contribution in [1.29, 1.82) is 0 Å². The first kappa shape index (κ1) is 27.4. The molecule has 4 rings (SSSR count). The van der Waals surface area contributed by atoms with Crippen LogP contribution in [0.2, 0.25) is 10.0 Å². The summed E-state index contributed by atoms with van der Waals surface area (Å²) < 4.78 is 38.8. The number of likely N-dealkylation sites (tertiary alicyclic amines) is 1. The summed E-state index contributed by atoms with van der Waals surface area (Å²) in [5.74, 6) is -1.18. The quantitative estimate of drug-likeness (QED) is 0.402. The first-order valence-corrected chi connectivity index (χ1v) is 14.4. The second-order valence-corrected chi connectivity index (χ2v) is 12.4. The van der Waals surface area contributed by atoms with Crippen LogP contribution in [0.1, 0.15) is 43.6 Å². The Morgan fingerprint density at radius 2 is 1.75 bits per heavy atom. The zero-order valence-electron chi connectivity index (χ0n) is 19.8. The lowest BCUT2D eigenvalue weighted by Crippen LogP contribution is -2.55. The van der Waals surface area contributed by atoms with Gasteiger partial charge in [0, 0.05) is 42.6 Å². The van der Waals surface area contributed by atoms with Crippen LogP contribution in [0.15, 0.2) is 18.2 Å². The number of hydrogen-bond donors (Lipinski definition) is 2. The normalized spacial score (nSPS) is 23.4. The molecular weight excluding hydrogens is 533 g/mol. The maximum absolute atomic E-state index is 13.4. The van der Waals surface area contributed by atoms with Gasteiger partial charge >= 0.3 is 6.09 Å². The van der Waals surface area contributed by atoms with Crippen molar-refractivity contribution < 1.29 is 32.7 Å². The Balaban J connectivity index is 1.39. The van der Waals surface area contributed by atoms with Crippen molar-refractivity contribution in [1.82, 2.24) is 14.7 Å². The van der Waals surface area contributed by atoms with Gasteiger partial charge in [0.1, 0.15) is 6.10 Å². The van der Waals surface area contributed by atoms with E-state index in [-0.39, 0.29) is 51.0 Å². The molecule has 3 fully saturated rings. The lowest BCUT2D eigenvalue weighted by molar-refractivity contribution is -0.141. The highest BCUT2D eigenvalue weighted by molar-refractivity contribution is 7.89. The average Bonchev–Trinajstić information content (AvgIpc) is 3.37. The lowest BCUT2D eigenvalue weighted by atomic mass is 9.79. The van der Waals surface area contributed by atoms with E-state index in [9.17, 15) is 23.2 Å². The Morgan fingerprint density at radius 3 is 2.31 bits per heavy atom. The maximum atomic E-state index is 13.4. The van der Waals surface area contributed by atoms with Crippen molar-refractivity contribution >= 4 is 45.2 Å². The molecule has 1 atom stereocenters. The molecule has 0 aliphatic carbocycles. The van der Waals surface area contributed by atoms with Crippen LogP contribution in [0.5, 0.6) is 0 Å². The van der Waals surface area contributed by atoms with E-state index in [4.69, 9.17) is 32.7 Å². The Kier molecular flexibility index (Phi) is 8.68.